The maximum atomic E-state index is 11.3. The third kappa shape index (κ3) is 1.36. The normalized spacial score (nSPS) is 16.2. The van der Waals surface area contributed by atoms with Gasteiger partial charge in [0.25, 0.3) is 0 Å². The lowest BCUT2D eigenvalue weighted by Gasteiger charge is -2.02. The molecule has 1 aromatic rings. The van der Waals surface area contributed by atoms with Crippen molar-refractivity contribution in [3.8, 4) is 0 Å². The van der Waals surface area contributed by atoms with Crippen LogP contribution in [0.1, 0.15) is 5.76 Å². The lowest BCUT2D eigenvalue weighted by Crippen LogP contribution is -2.05. The Kier molecular flexibility index (Phi) is 1.70. The monoisotopic (exact) mass is 174 g/mol. The molecule has 13 heavy (non-hydrogen) atoms. The van der Waals surface area contributed by atoms with Gasteiger partial charge in [-0.25, -0.2) is 0 Å². The van der Waals surface area contributed by atoms with E-state index in [9.17, 15) is 9.59 Å². The van der Waals surface area contributed by atoms with Crippen molar-refractivity contribution in [3.63, 3.8) is 0 Å². The summed E-state index contributed by atoms with van der Waals surface area (Å²) in [5.74, 6) is 0.0447. The van der Waals surface area contributed by atoms with Gasteiger partial charge in [-0.1, -0.05) is 0 Å². The maximum absolute atomic E-state index is 11.3. The summed E-state index contributed by atoms with van der Waals surface area (Å²) in [6.07, 6.45) is 5.24. The van der Waals surface area contributed by atoms with E-state index in [2.05, 4.69) is 0 Å². The number of carbonyl (C=O) groups excluding carboxylic acids is 2. The Morgan fingerprint density at radius 1 is 1.15 bits per heavy atom. The molecule has 64 valence electrons. The minimum atomic E-state index is -0.199. The third-order valence-corrected chi connectivity index (χ3v) is 1.74. The summed E-state index contributed by atoms with van der Waals surface area (Å²) >= 11 is 0. The molecule has 2 rings (SSSR count). The highest BCUT2D eigenvalue weighted by Crippen LogP contribution is 2.18. The van der Waals surface area contributed by atoms with E-state index in [0.29, 0.717) is 11.3 Å². The van der Waals surface area contributed by atoms with Crippen molar-refractivity contribution in [2.45, 2.75) is 0 Å². The third-order valence-electron chi connectivity index (χ3n) is 1.74. The van der Waals surface area contributed by atoms with Gasteiger partial charge in [-0.15, -0.1) is 0 Å². The van der Waals surface area contributed by atoms with Gasteiger partial charge in [0.15, 0.2) is 11.6 Å². The molecule has 3 nitrogen and oxygen atoms in total. The fourth-order valence-corrected chi connectivity index (χ4v) is 1.13. The summed E-state index contributed by atoms with van der Waals surface area (Å²) in [5, 5.41) is 0. The number of furan rings is 1. The van der Waals surface area contributed by atoms with Crippen LogP contribution in [0.25, 0.3) is 5.57 Å². The zero-order valence-electron chi connectivity index (χ0n) is 6.69. The van der Waals surface area contributed by atoms with Crippen molar-refractivity contribution >= 4 is 17.1 Å². The Labute approximate surface area is 74.4 Å². The average Bonchev–Trinajstić information content (AvgIpc) is 2.61. The van der Waals surface area contributed by atoms with Crippen LogP contribution in [0.5, 0.6) is 0 Å². The van der Waals surface area contributed by atoms with E-state index in [1.165, 1.54) is 24.5 Å². The lowest BCUT2D eigenvalue weighted by atomic mass is 10.0. The second-order valence-corrected chi connectivity index (χ2v) is 2.64. The molecular weight excluding hydrogens is 168 g/mol. The fourth-order valence-electron chi connectivity index (χ4n) is 1.13. The SMILES string of the molecule is O=C1C=CC(=O)C(c2ccco2)=C1. The highest BCUT2D eigenvalue weighted by atomic mass is 16.3. The summed E-state index contributed by atoms with van der Waals surface area (Å²) in [6, 6.07) is 3.32. The second kappa shape index (κ2) is 2.86. The van der Waals surface area contributed by atoms with Gasteiger partial charge in [0.1, 0.15) is 5.76 Å². The molecule has 1 aliphatic rings. The van der Waals surface area contributed by atoms with Crippen LogP contribution in [0.2, 0.25) is 0 Å². The lowest BCUT2D eigenvalue weighted by molar-refractivity contribution is -0.113. The summed E-state index contributed by atoms with van der Waals surface area (Å²) in [7, 11) is 0. The second-order valence-electron chi connectivity index (χ2n) is 2.64. The van der Waals surface area contributed by atoms with E-state index in [-0.39, 0.29) is 11.6 Å². The molecule has 0 fully saturated rings. The Bertz CT molecular complexity index is 407. The van der Waals surface area contributed by atoms with Crippen LogP contribution in [0.3, 0.4) is 0 Å². The van der Waals surface area contributed by atoms with Gasteiger partial charge in [-0.05, 0) is 24.3 Å². The average molecular weight is 174 g/mol. The van der Waals surface area contributed by atoms with Gasteiger partial charge in [0.2, 0.25) is 0 Å². The molecule has 3 heteroatoms. The first kappa shape index (κ1) is 7.73. The van der Waals surface area contributed by atoms with Gasteiger partial charge >= 0.3 is 0 Å². The van der Waals surface area contributed by atoms with E-state index in [4.69, 9.17) is 4.42 Å². The Morgan fingerprint density at radius 2 is 2.00 bits per heavy atom. The molecule has 1 aromatic heterocycles. The molecular formula is C10H6O3. The van der Waals surface area contributed by atoms with Crippen molar-refractivity contribution in [1.29, 1.82) is 0 Å². The first-order chi connectivity index (χ1) is 6.27. The standard InChI is InChI=1S/C10H6O3/c11-7-3-4-9(12)8(6-7)10-2-1-5-13-10/h1-6H. The van der Waals surface area contributed by atoms with E-state index < -0.39 is 0 Å². The molecule has 0 atom stereocenters. The number of allylic oxidation sites excluding steroid dienone is 4. The highest BCUT2D eigenvalue weighted by Gasteiger charge is 2.16. The Balaban J connectivity index is 2.44. The first-order valence-electron chi connectivity index (χ1n) is 3.79. The predicted molar refractivity (Wildman–Crippen MR) is 45.8 cm³/mol. The molecule has 0 radical (unpaired) electrons. The van der Waals surface area contributed by atoms with E-state index >= 15 is 0 Å². The molecule has 0 N–H and O–H groups in total. The Hall–Kier alpha value is -1.90. The summed E-state index contributed by atoms with van der Waals surface area (Å²) in [5.41, 5.74) is 0.317. The van der Waals surface area contributed by atoms with E-state index in [1.807, 2.05) is 0 Å². The molecule has 0 spiro atoms. The van der Waals surface area contributed by atoms with Crippen molar-refractivity contribution in [3.05, 3.63) is 42.4 Å². The van der Waals surface area contributed by atoms with E-state index in [1.54, 1.807) is 12.1 Å². The molecule has 0 amide bonds. The van der Waals surface area contributed by atoms with Crippen LogP contribution in [0.15, 0.2) is 41.0 Å². The molecule has 0 saturated heterocycles. The summed E-state index contributed by atoms with van der Waals surface area (Å²) in [6.45, 7) is 0. The minimum absolute atomic E-state index is 0.189. The minimum Gasteiger partial charge on any atom is -0.464 e. The van der Waals surface area contributed by atoms with Gasteiger partial charge in [0.05, 0.1) is 11.8 Å². The van der Waals surface area contributed by atoms with Crippen LogP contribution in [0.4, 0.5) is 0 Å². The van der Waals surface area contributed by atoms with Crippen molar-refractivity contribution < 1.29 is 14.0 Å². The number of rotatable bonds is 1. The van der Waals surface area contributed by atoms with Crippen molar-refractivity contribution in [1.82, 2.24) is 0 Å². The molecule has 1 aliphatic carbocycles. The van der Waals surface area contributed by atoms with Crippen LogP contribution in [0, 0.1) is 0 Å². The molecule has 0 saturated carbocycles. The number of carbonyl (C=O) groups is 2. The fraction of sp³-hybridized carbons (Fsp3) is 0. The van der Waals surface area contributed by atoms with Crippen molar-refractivity contribution in [2.75, 3.05) is 0 Å². The highest BCUT2D eigenvalue weighted by molar-refractivity contribution is 6.33. The van der Waals surface area contributed by atoms with Crippen LogP contribution in [-0.4, -0.2) is 11.6 Å². The zero-order chi connectivity index (χ0) is 9.26. The predicted octanol–water partition coefficient (Wildman–Crippen LogP) is 1.37. The zero-order valence-corrected chi connectivity index (χ0v) is 6.69. The molecule has 0 aromatic carbocycles. The van der Waals surface area contributed by atoms with Gasteiger partial charge in [-0.2, -0.15) is 0 Å². The molecule has 0 bridgehead atoms. The van der Waals surface area contributed by atoms with Crippen LogP contribution in [-0.2, 0) is 9.59 Å². The molecule has 1 heterocycles. The van der Waals surface area contributed by atoms with Gasteiger partial charge in [-0.3, -0.25) is 9.59 Å². The molecule has 0 unspecified atom stereocenters. The maximum Gasteiger partial charge on any atom is 0.189 e. The summed E-state index contributed by atoms with van der Waals surface area (Å²) < 4.78 is 5.02. The molecule has 0 aliphatic heterocycles. The van der Waals surface area contributed by atoms with Crippen LogP contribution >= 0.6 is 0 Å². The number of hydrogen-bond donors (Lipinski definition) is 0. The topological polar surface area (TPSA) is 47.3 Å². The van der Waals surface area contributed by atoms with E-state index in [0.717, 1.165) is 0 Å². The Morgan fingerprint density at radius 3 is 2.69 bits per heavy atom. The van der Waals surface area contributed by atoms with Gasteiger partial charge in [0, 0.05) is 6.08 Å². The number of hydrogen-bond acceptors (Lipinski definition) is 3. The number of ketones is 2. The largest absolute Gasteiger partial charge is 0.464 e. The smallest absolute Gasteiger partial charge is 0.189 e. The van der Waals surface area contributed by atoms with Gasteiger partial charge < -0.3 is 4.42 Å². The summed E-state index contributed by atoms with van der Waals surface area (Å²) in [4.78, 5) is 22.2. The van der Waals surface area contributed by atoms with Crippen molar-refractivity contribution in [2.24, 2.45) is 0 Å². The van der Waals surface area contributed by atoms with Crippen LogP contribution < -0.4 is 0 Å². The first-order valence-corrected chi connectivity index (χ1v) is 3.79. The quantitative estimate of drug-likeness (QED) is 0.604.